The summed E-state index contributed by atoms with van der Waals surface area (Å²) in [5.74, 6) is -0.198. The van der Waals surface area contributed by atoms with Crippen LogP contribution in [-0.2, 0) is 6.42 Å². The molecule has 1 amide bonds. The first-order valence-electron chi connectivity index (χ1n) is 10.1. The van der Waals surface area contributed by atoms with Crippen LogP contribution in [0.25, 0.3) is 0 Å². The highest BCUT2D eigenvalue weighted by molar-refractivity contribution is 5.95. The zero-order valence-electron chi connectivity index (χ0n) is 17.0. The molecule has 0 aliphatic rings. The zero-order valence-corrected chi connectivity index (χ0v) is 17.0. The summed E-state index contributed by atoms with van der Waals surface area (Å²) in [4.78, 5) is 11.8. The Bertz CT molecular complexity index is 752. The van der Waals surface area contributed by atoms with Crippen molar-refractivity contribution < 1.29 is 19.7 Å². The Kier molecular flexibility index (Phi) is 9.64. The van der Waals surface area contributed by atoms with Crippen LogP contribution in [0.4, 0.5) is 0 Å². The predicted octanol–water partition coefficient (Wildman–Crippen LogP) is 2.58. The number of unbranched alkanes of at least 4 members (excludes halogenated alkanes) is 1. The summed E-state index contributed by atoms with van der Waals surface area (Å²) in [5.41, 5.74) is 7.64. The molecule has 5 N–H and O–H groups in total. The van der Waals surface area contributed by atoms with Crippen molar-refractivity contribution in [3.8, 4) is 5.75 Å². The van der Waals surface area contributed by atoms with Gasteiger partial charge in [0.15, 0.2) is 0 Å². The summed E-state index contributed by atoms with van der Waals surface area (Å²) < 4.78 is 5.60. The van der Waals surface area contributed by atoms with E-state index in [1.807, 2.05) is 18.2 Å². The van der Waals surface area contributed by atoms with Crippen molar-refractivity contribution in [2.75, 3.05) is 19.8 Å². The molecule has 6 heteroatoms. The van der Waals surface area contributed by atoms with Crippen LogP contribution in [-0.4, -0.2) is 41.9 Å². The fourth-order valence-corrected chi connectivity index (χ4v) is 3.03. The molecule has 0 saturated heterocycles. The summed E-state index contributed by atoms with van der Waals surface area (Å²) in [6, 6.07) is 15.5. The van der Waals surface area contributed by atoms with Crippen molar-refractivity contribution in [2.45, 2.75) is 44.8 Å². The second-order valence-corrected chi connectivity index (χ2v) is 7.25. The van der Waals surface area contributed by atoms with Gasteiger partial charge in [-0.25, -0.2) is 0 Å². The van der Waals surface area contributed by atoms with Crippen LogP contribution in [0.5, 0.6) is 5.75 Å². The van der Waals surface area contributed by atoms with E-state index in [1.54, 1.807) is 18.2 Å². The van der Waals surface area contributed by atoms with Gasteiger partial charge in [-0.15, -0.1) is 0 Å². The molecule has 0 saturated carbocycles. The van der Waals surface area contributed by atoms with E-state index in [4.69, 9.17) is 15.6 Å². The van der Waals surface area contributed by atoms with Gasteiger partial charge in [-0.05, 0) is 55.9 Å². The molecule has 6 nitrogen and oxygen atoms in total. The monoisotopic (exact) mass is 400 g/mol. The van der Waals surface area contributed by atoms with Crippen molar-refractivity contribution in [1.82, 2.24) is 5.32 Å². The highest BCUT2D eigenvalue weighted by Gasteiger charge is 2.15. The van der Waals surface area contributed by atoms with Gasteiger partial charge < -0.3 is 26.0 Å². The van der Waals surface area contributed by atoms with Crippen molar-refractivity contribution in [3.05, 3.63) is 65.2 Å². The molecule has 2 rings (SSSR count). The van der Waals surface area contributed by atoms with Gasteiger partial charge in [0.2, 0.25) is 0 Å². The molecular weight excluding hydrogens is 368 g/mol. The number of amides is 1. The number of ether oxygens (including phenoxy) is 1. The molecule has 0 heterocycles. The number of aryl methyl sites for hydroxylation is 1. The Balaban J connectivity index is 1.87. The highest BCUT2D eigenvalue weighted by Crippen LogP contribution is 2.24. The van der Waals surface area contributed by atoms with Crippen molar-refractivity contribution in [1.29, 1.82) is 0 Å². The molecular formula is C23H32N2O4. The van der Waals surface area contributed by atoms with Gasteiger partial charge >= 0.3 is 0 Å². The largest absolute Gasteiger partial charge is 0.493 e. The standard InChI is InChI=1S/C23H32N2O4/c1-17(9-10-18-7-3-2-4-8-18)25-16-21(27)19-11-12-22(20(15-19)23(24)28)29-14-6-5-13-26/h2-4,7-8,11-12,15,17,21,25-27H,5-6,9-10,13-14,16H2,1H3,(H2,24,28). The number of nitrogens with one attached hydrogen (secondary N) is 1. The minimum atomic E-state index is -0.754. The Morgan fingerprint density at radius 3 is 2.62 bits per heavy atom. The highest BCUT2D eigenvalue weighted by atomic mass is 16.5. The average molecular weight is 401 g/mol. The third-order valence-electron chi connectivity index (χ3n) is 4.83. The van der Waals surface area contributed by atoms with E-state index in [0.29, 0.717) is 37.3 Å². The van der Waals surface area contributed by atoms with Crippen LogP contribution in [0.15, 0.2) is 48.5 Å². The lowest BCUT2D eigenvalue weighted by atomic mass is 10.0. The SMILES string of the molecule is CC(CCc1ccccc1)NCC(O)c1ccc(OCCCCO)c(C(N)=O)c1. The quantitative estimate of drug-likeness (QED) is 0.387. The molecule has 29 heavy (non-hydrogen) atoms. The molecule has 0 radical (unpaired) electrons. The van der Waals surface area contributed by atoms with Gasteiger partial charge in [-0.3, -0.25) is 4.79 Å². The lowest BCUT2D eigenvalue weighted by Crippen LogP contribution is -2.31. The first kappa shape index (κ1) is 22.9. The van der Waals surface area contributed by atoms with Gasteiger partial charge in [-0.2, -0.15) is 0 Å². The van der Waals surface area contributed by atoms with Gasteiger partial charge in [0.05, 0.1) is 18.3 Å². The van der Waals surface area contributed by atoms with Gasteiger partial charge in [-0.1, -0.05) is 36.4 Å². The molecule has 2 aromatic carbocycles. The van der Waals surface area contributed by atoms with Gasteiger partial charge in [0.1, 0.15) is 5.75 Å². The molecule has 2 aromatic rings. The van der Waals surface area contributed by atoms with Gasteiger partial charge in [0.25, 0.3) is 5.91 Å². The average Bonchev–Trinajstić information content (AvgIpc) is 2.74. The van der Waals surface area contributed by atoms with E-state index >= 15 is 0 Å². The van der Waals surface area contributed by atoms with Crippen molar-refractivity contribution >= 4 is 5.91 Å². The summed E-state index contributed by atoms with van der Waals surface area (Å²) in [6.07, 6.45) is 2.50. The van der Waals surface area contributed by atoms with E-state index in [2.05, 4.69) is 24.4 Å². The summed E-state index contributed by atoms with van der Waals surface area (Å²) in [7, 11) is 0. The Labute approximate surface area is 172 Å². The number of hydrogen-bond acceptors (Lipinski definition) is 5. The molecule has 0 spiro atoms. The lowest BCUT2D eigenvalue weighted by molar-refractivity contribution is 0.0995. The van der Waals surface area contributed by atoms with E-state index < -0.39 is 12.0 Å². The number of benzene rings is 2. The zero-order chi connectivity index (χ0) is 21.1. The second kappa shape index (κ2) is 12.2. The number of carbonyl (C=O) groups is 1. The first-order valence-corrected chi connectivity index (χ1v) is 10.1. The molecule has 0 bridgehead atoms. The van der Waals surface area contributed by atoms with E-state index in [0.717, 1.165) is 12.8 Å². The third kappa shape index (κ3) is 7.85. The maximum atomic E-state index is 11.8. The van der Waals surface area contributed by atoms with Crippen molar-refractivity contribution in [2.24, 2.45) is 5.73 Å². The molecule has 0 fully saturated rings. The minimum Gasteiger partial charge on any atom is -0.493 e. The van der Waals surface area contributed by atoms with E-state index in [-0.39, 0.29) is 18.2 Å². The third-order valence-corrected chi connectivity index (χ3v) is 4.83. The number of nitrogens with two attached hydrogens (primary N) is 1. The minimum absolute atomic E-state index is 0.105. The van der Waals surface area contributed by atoms with Crippen LogP contribution < -0.4 is 15.8 Å². The maximum absolute atomic E-state index is 11.8. The lowest BCUT2D eigenvalue weighted by Gasteiger charge is -2.19. The number of rotatable bonds is 13. The molecule has 0 aliphatic carbocycles. The fraction of sp³-hybridized carbons (Fsp3) is 0.435. The topological polar surface area (TPSA) is 105 Å². The van der Waals surface area contributed by atoms with Crippen LogP contribution >= 0.6 is 0 Å². The molecule has 2 atom stereocenters. The molecule has 158 valence electrons. The van der Waals surface area contributed by atoms with Gasteiger partial charge in [0, 0.05) is 19.2 Å². The maximum Gasteiger partial charge on any atom is 0.252 e. The summed E-state index contributed by atoms with van der Waals surface area (Å²) in [5, 5.41) is 22.7. The summed E-state index contributed by atoms with van der Waals surface area (Å²) in [6.45, 7) is 2.97. The number of aliphatic hydroxyl groups excluding tert-OH is 2. The molecule has 2 unspecified atom stereocenters. The number of carbonyl (C=O) groups excluding carboxylic acids is 1. The van der Waals surface area contributed by atoms with Crippen LogP contribution in [0.1, 0.15) is 53.8 Å². The van der Waals surface area contributed by atoms with Crippen LogP contribution in [0.2, 0.25) is 0 Å². The Morgan fingerprint density at radius 1 is 1.17 bits per heavy atom. The van der Waals surface area contributed by atoms with Crippen molar-refractivity contribution in [3.63, 3.8) is 0 Å². The Hall–Kier alpha value is -2.41. The number of aliphatic hydroxyl groups is 2. The predicted molar refractivity (Wildman–Crippen MR) is 114 cm³/mol. The van der Waals surface area contributed by atoms with Crippen LogP contribution in [0, 0.1) is 0 Å². The fourth-order valence-electron chi connectivity index (χ4n) is 3.03. The number of hydrogen-bond donors (Lipinski definition) is 4. The first-order chi connectivity index (χ1) is 14.0. The number of primary amides is 1. The molecule has 0 aliphatic heterocycles. The smallest absolute Gasteiger partial charge is 0.252 e. The molecule has 0 aromatic heterocycles. The Morgan fingerprint density at radius 2 is 1.93 bits per heavy atom. The normalized spacial score (nSPS) is 13.1. The van der Waals surface area contributed by atoms with Crippen LogP contribution in [0.3, 0.4) is 0 Å². The van der Waals surface area contributed by atoms with E-state index in [1.165, 1.54) is 5.56 Å². The van der Waals surface area contributed by atoms with E-state index in [9.17, 15) is 9.90 Å². The summed E-state index contributed by atoms with van der Waals surface area (Å²) >= 11 is 0. The second-order valence-electron chi connectivity index (χ2n) is 7.25.